The van der Waals surface area contributed by atoms with E-state index in [2.05, 4.69) is 44.8 Å². The number of nitrogens with zero attached hydrogens (tertiary/aromatic N) is 3. The van der Waals surface area contributed by atoms with E-state index in [0.717, 1.165) is 23.6 Å². The molecular formula is C26H31N5O3. The first-order valence-corrected chi connectivity index (χ1v) is 11.6. The molecule has 3 heterocycles. The van der Waals surface area contributed by atoms with E-state index in [0.29, 0.717) is 19.2 Å². The molecule has 0 saturated carbocycles. The normalized spacial score (nSPS) is 23.5. The lowest BCUT2D eigenvalue weighted by Crippen LogP contribution is -2.41. The summed E-state index contributed by atoms with van der Waals surface area (Å²) >= 11 is 0. The largest absolute Gasteiger partial charge is 0.496 e. The van der Waals surface area contributed by atoms with E-state index in [9.17, 15) is 0 Å². The van der Waals surface area contributed by atoms with E-state index in [-0.39, 0.29) is 24.3 Å². The van der Waals surface area contributed by atoms with Crippen molar-refractivity contribution < 1.29 is 14.2 Å². The van der Waals surface area contributed by atoms with Crippen LogP contribution in [0.1, 0.15) is 5.56 Å². The highest BCUT2D eigenvalue weighted by Crippen LogP contribution is 2.31. The second kappa shape index (κ2) is 9.97. The Labute approximate surface area is 200 Å². The minimum absolute atomic E-state index is 0.00375. The van der Waals surface area contributed by atoms with Crippen molar-refractivity contribution in [2.75, 3.05) is 44.6 Å². The molecule has 2 fully saturated rings. The molecule has 5 rings (SSSR count). The molecule has 2 aliphatic rings. The molecule has 0 amide bonds. The quantitative estimate of drug-likeness (QED) is 0.530. The average Bonchev–Trinajstić information content (AvgIpc) is 3.46. The van der Waals surface area contributed by atoms with Crippen LogP contribution >= 0.6 is 0 Å². The lowest BCUT2D eigenvalue weighted by atomic mass is 10.1. The highest BCUT2D eigenvalue weighted by molar-refractivity contribution is 5.67. The van der Waals surface area contributed by atoms with Crippen LogP contribution in [0.2, 0.25) is 0 Å². The number of anilines is 2. The van der Waals surface area contributed by atoms with Gasteiger partial charge in [-0.2, -0.15) is 0 Å². The van der Waals surface area contributed by atoms with Gasteiger partial charge in [-0.1, -0.05) is 24.3 Å². The van der Waals surface area contributed by atoms with E-state index in [1.807, 2.05) is 44.4 Å². The SMILES string of the molecule is COc1ccccc1-c1ccnc(N[C@H]2CO[C@H]3[C@H]2OC[C@H]3NCc2ccc(N(C)C)cc2)n1. The van der Waals surface area contributed by atoms with Crippen molar-refractivity contribution in [3.8, 4) is 17.0 Å². The van der Waals surface area contributed by atoms with Crippen molar-refractivity contribution in [3.05, 3.63) is 66.4 Å². The highest BCUT2D eigenvalue weighted by atomic mass is 16.6. The van der Waals surface area contributed by atoms with Crippen molar-refractivity contribution in [1.29, 1.82) is 0 Å². The Hall–Kier alpha value is -3.20. The van der Waals surface area contributed by atoms with E-state index in [1.54, 1.807) is 13.3 Å². The van der Waals surface area contributed by atoms with Crippen LogP contribution in [0.15, 0.2) is 60.8 Å². The molecule has 2 aliphatic heterocycles. The first-order valence-electron chi connectivity index (χ1n) is 11.6. The molecule has 3 aromatic rings. The Bertz CT molecular complexity index is 1110. The Morgan fingerprint density at radius 1 is 0.971 bits per heavy atom. The predicted octanol–water partition coefficient (Wildman–Crippen LogP) is 2.95. The molecule has 2 saturated heterocycles. The van der Waals surface area contributed by atoms with Gasteiger partial charge in [0, 0.05) is 38.1 Å². The summed E-state index contributed by atoms with van der Waals surface area (Å²) in [6.07, 6.45) is 1.70. The fourth-order valence-corrected chi connectivity index (χ4v) is 4.56. The maximum atomic E-state index is 6.13. The molecule has 4 atom stereocenters. The zero-order valence-electron chi connectivity index (χ0n) is 19.8. The van der Waals surface area contributed by atoms with Crippen LogP contribution in [-0.4, -0.2) is 68.7 Å². The Morgan fingerprint density at radius 3 is 2.47 bits per heavy atom. The van der Waals surface area contributed by atoms with Gasteiger partial charge in [-0.05, 0) is 35.9 Å². The number of hydrogen-bond donors (Lipinski definition) is 2. The highest BCUT2D eigenvalue weighted by Gasteiger charge is 2.47. The van der Waals surface area contributed by atoms with Crippen LogP contribution in [0.4, 0.5) is 11.6 Å². The molecule has 8 heteroatoms. The fourth-order valence-electron chi connectivity index (χ4n) is 4.56. The zero-order valence-corrected chi connectivity index (χ0v) is 19.8. The van der Waals surface area contributed by atoms with Gasteiger partial charge in [-0.25, -0.2) is 9.97 Å². The van der Waals surface area contributed by atoms with Gasteiger partial charge in [0.05, 0.1) is 38.1 Å². The Kier molecular flexibility index (Phi) is 6.62. The Balaban J connectivity index is 1.20. The monoisotopic (exact) mass is 461 g/mol. The van der Waals surface area contributed by atoms with Crippen LogP contribution in [0, 0.1) is 0 Å². The standard InChI is InChI=1S/C26H31N5O3/c1-31(2)18-10-8-17(9-11-18)14-28-21-15-33-25-22(16-34-24(21)25)30-26-27-13-12-20(29-26)19-6-4-5-7-23(19)32-3/h4-13,21-22,24-25,28H,14-16H2,1-3H3,(H,27,29,30)/t21-,22+,24-,25+/m1/s1. The first kappa shape index (κ1) is 22.6. The number of hydrogen-bond acceptors (Lipinski definition) is 8. The van der Waals surface area contributed by atoms with Crippen LogP contribution in [0.3, 0.4) is 0 Å². The molecule has 1 aromatic heterocycles. The summed E-state index contributed by atoms with van der Waals surface area (Å²) < 4.78 is 17.7. The molecule has 34 heavy (non-hydrogen) atoms. The summed E-state index contributed by atoms with van der Waals surface area (Å²) in [4.78, 5) is 11.2. The van der Waals surface area contributed by atoms with E-state index >= 15 is 0 Å². The van der Waals surface area contributed by atoms with Gasteiger partial charge in [0.2, 0.25) is 5.95 Å². The molecule has 0 unspecified atom stereocenters. The van der Waals surface area contributed by atoms with Gasteiger partial charge in [-0.3, -0.25) is 0 Å². The molecule has 178 valence electrons. The maximum Gasteiger partial charge on any atom is 0.223 e. The average molecular weight is 462 g/mol. The number of fused-ring (bicyclic) bond motifs is 1. The number of ether oxygens (including phenoxy) is 3. The van der Waals surface area contributed by atoms with Crippen molar-refractivity contribution in [3.63, 3.8) is 0 Å². The molecule has 2 aromatic carbocycles. The molecule has 8 nitrogen and oxygen atoms in total. The van der Waals surface area contributed by atoms with Crippen LogP contribution < -0.4 is 20.3 Å². The van der Waals surface area contributed by atoms with Gasteiger partial charge in [0.1, 0.15) is 18.0 Å². The van der Waals surface area contributed by atoms with Crippen LogP contribution in [-0.2, 0) is 16.0 Å². The number of rotatable bonds is 8. The van der Waals surface area contributed by atoms with Crippen molar-refractivity contribution in [2.45, 2.75) is 30.8 Å². The summed E-state index contributed by atoms with van der Waals surface area (Å²) in [6.45, 7) is 1.94. The van der Waals surface area contributed by atoms with Crippen molar-refractivity contribution >= 4 is 11.6 Å². The zero-order chi connectivity index (χ0) is 23.5. The molecule has 0 bridgehead atoms. The molecule has 0 radical (unpaired) electrons. The summed E-state index contributed by atoms with van der Waals surface area (Å²) in [5.74, 6) is 1.33. The van der Waals surface area contributed by atoms with E-state index < -0.39 is 0 Å². The number of benzene rings is 2. The fraction of sp³-hybridized carbons (Fsp3) is 0.385. The third kappa shape index (κ3) is 4.70. The van der Waals surface area contributed by atoms with Gasteiger partial charge in [0.15, 0.2) is 0 Å². The lowest BCUT2D eigenvalue weighted by Gasteiger charge is -2.19. The molecule has 0 spiro atoms. The second-order valence-corrected chi connectivity index (χ2v) is 8.86. The second-order valence-electron chi connectivity index (χ2n) is 8.86. The lowest BCUT2D eigenvalue weighted by molar-refractivity contribution is 0.0675. The molecular weight excluding hydrogens is 430 g/mol. The van der Waals surface area contributed by atoms with E-state index in [4.69, 9.17) is 19.2 Å². The number of aromatic nitrogens is 2. The minimum Gasteiger partial charge on any atom is -0.496 e. The maximum absolute atomic E-state index is 6.13. The third-order valence-electron chi connectivity index (χ3n) is 6.43. The van der Waals surface area contributed by atoms with Gasteiger partial charge in [-0.15, -0.1) is 0 Å². The minimum atomic E-state index is -0.0489. The number of methoxy groups -OCH3 is 1. The summed E-state index contributed by atoms with van der Waals surface area (Å²) in [7, 11) is 5.76. The third-order valence-corrected chi connectivity index (χ3v) is 6.43. The Morgan fingerprint density at radius 2 is 1.71 bits per heavy atom. The first-order chi connectivity index (χ1) is 16.6. The smallest absolute Gasteiger partial charge is 0.223 e. The summed E-state index contributed by atoms with van der Waals surface area (Å²) in [5, 5.41) is 7.03. The van der Waals surface area contributed by atoms with Gasteiger partial charge in [0.25, 0.3) is 0 Å². The number of para-hydroxylation sites is 1. The van der Waals surface area contributed by atoms with Crippen LogP contribution in [0.25, 0.3) is 11.3 Å². The van der Waals surface area contributed by atoms with Crippen molar-refractivity contribution in [1.82, 2.24) is 15.3 Å². The molecule has 2 N–H and O–H groups in total. The number of nitrogens with one attached hydrogen (secondary N) is 2. The van der Waals surface area contributed by atoms with Gasteiger partial charge >= 0.3 is 0 Å². The predicted molar refractivity (Wildman–Crippen MR) is 132 cm³/mol. The molecule has 0 aliphatic carbocycles. The summed E-state index contributed by atoms with van der Waals surface area (Å²) in [5.41, 5.74) is 4.16. The summed E-state index contributed by atoms with van der Waals surface area (Å²) in [6, 6.07) is 18.4. The van der Waals surface area contributed by atoms with Crippen LogP contribution in [0.5, 0.6) is 5.75 Å². The van der Waals surface area contributed by atoms with E-state index in [1.165, 1.54) is 11.3 Å². The van der Waals surface area contributed by atoms with Crippen molar-refractivity contribution in [2.24, 2.45) is 0 Å². The topological polar surface area (TPSA) is 80.8 Å². The van der Waals surface area contributed by atoms with Gasteiger partial charge < -0.3 is 29.7 Å².